The van der Waals surface area contributed by atoms with Crippen LogP contribution in [0.3, 0.4) is 0 Å². The van der Waals surface area contributed by atoms with Crippen molar-refractivity contribution in [3.63, 3.8) is 0 Å². The molecule has 2 aromatic rings. The lowest BCUT2D eigenvalue weighted by atomic mass is 9.82. The smallest absolute Gasteiger partial charge is 0.234 e. The molecular weight excluding hydrogens is 386 g/mol. The molecule has 1 amide bonds. The first kappa shape index (κ1) is 18.2. The van der Waals surface area contributed by atoms with Crippen molar-refractivity contribution < 1.29 is 13.2 Å². The summed E-state index contributed by atoms with van der Waals surface area (Å²) in [5, 5.41) is 3.48. The molecule has 3 heterocycles. The van der Waals surface area contributed by atoms with E-state index in [1.54, 1.807) is 11.3 Å². The van der Waals surface area contributed by atoms with Gasteiger partial charge in [0.1, 0.15) is 0 Å². The molecule has 7 heteroatoms. The number of amides is 1. The summed E-state index contributed by atoms with van der Waals surface area (Å²) in [5.74, 6) is 0.196. The molecule has 2 fully saturated rings. The van der Waals surface area contributed by atoms with E-state index in [0.29, 0.717) is 19.5 Å². The molecule has 0 aromatic carbocycles. The third-order valence-electron chi connectivity index (χ3n) is 5.75. The number of nitrogens with zero attached hydrogens (tertiary/aromatic N) is 1. The fourth-order valence-electron chi connectivity index (χ4n) is 4.34. The van der Waals surface area contributed by atoms with E-state index < -0.39 is 20.5 Å². The van der Waals surface area contributed by atoms with Crippen molar-refractivity contribution in [3.05, 3.63) is 44.8 Å². The van der Waals surface area contributed by atoms with Crippen LogP contribution in [0.4, 0.5) is 0 Å². The van der Waals surface area contributed by atoms with Crippen molar-refractivity contribution in [2.24, 2.45) is 0 Å². The average Bonchev–Trinajstić information content (AvgIpc) is 3.38. The minimum Gasteiger partial charge on any atom is -0.341 e. The fourth-order valence-corrected chi connectivity index (χ4v) is 8.32. The van der Waals surface area contributed by atoms with E-state index in [-0.39, 0.29) is 11.7 Å². The van der Waals surface area contributed by atoms with E-state index in [1.807, 2.05) is 33.9 Å². The molecule has 4 rings (SSSR count). The van der Waals surface area contributed by atoms with Crippen LogP contribution < -0.4 is 0 Å². The molecule has 1 saturated heterocycles. The summed E-state index contributed by atoms with van der Waals surface area (Å²) in [4.78, 5) is 17.4. The maximum absolute atomic E-state index is 13.5. The first-order valence-corrected chi connectivity index (χ1v) is 12.6. The Balaban J connectivity index is 1.60. The van der Waals surface area contributed by atoms with Crippen molar-refractivity contribution >= 4 is 38.4 Å². The Hall–Kier alpha value is -1.18. The van der Waals surface area contributed by atoms with Crippen molar-refractivity contribution in [1.82, 2.24) is 4.90 Å². The van der Waals surface area contributed by atoms with Gasteiger partial charge < -0.3 is 4.90 Å². The van der Waals surface area contributed by atoms with Crippen LogP contribution in [0.5, 0.6) is 0 Å². The predicted molar refractivity (Wildman–Crippen MR) is 107 cm³/mol. The SMILES string of the molecule is O=C(N1CCC(c2cccs2)S(=O)(=O)CC1)C1(c2cccs2)CCCC1. The summed E-state index contributed by atoms with van der Waals surface area (Å²) in [6, 6.07) is 7.87. The summed E-state index contributed by atoms with van der Waals surface area (Å²) in [7, 11) is -3.23. The molecule has 0 N–H and O–H groups in total. The van der Waals surface area contributed by atoms with Gasteiger partial charge in [-0.25, -0.2) is 8.42 Å². The Labute approximate surface area is 162 Å². The largest absolute Gasteiger partial charge is 0.341 e. The van der Waals surface area contributed by atoms with E-state index in [9.17, 15) is 13.2 Å². The monoisotopic (exact) mass is 409 g/mol. The summed E-state index contributed by atoms with van der Waals surface area (Å²) in [6.07, 6.45) is 4.38. The number of carbonyl (C=O) groups is 1. The minimum absolute atomic E-state index is 0.0574. The van der Waals surface area contributed by atoms with Gasteiger partial charge in [-0.05, 0) is 42.2 Å². The second-order valence-electron chi connectivity index (χ2n) is 7.22. The standard InChI is InChI=1S/C19H23NO3S3/c21-18(19(8-1-2-9-19)17-6-4-13-25-17)20-10-7-16(15-5-3-12-24-15)26(22,23)14-11-20/h3-6,12-13,16H,1-2,7-11,14H2. The van der Waals surface area contributed by atoms with Crippen LogP contribution >= 0.6 is 22.7 Å². The summed E-state index contributed by atoms with van der Waals surface area (Å²) in [6.45, 7) is 0.837. The van der Waals surface area contributed by atoms with Gasteiger partial charge in [-0.2, -0.15) is 0 Å². The number of carbonyl (C=O) groups excluding carboxylic acids is 1. The third-order valence-corrected chi connectivity index (χ3v) is 10.1. The molecule has 1 atom stereocenters. The summed E-state index contributed by atoms with van der Waals surface area (Å²) >= 11 is 3.14. The van der Waals surface area contributed by atoms with E-state index in [1.165, 1.54) is 11.3 Å². The summed E-state index contributed by atoms with van der Waals surface area (Å²) in [5.41, 5.74) is -0.430. The van der Waals surface area contributed by atoms with Gasteiger partial charge >= 0.3 is 0 Å². The zero-order valence-corrected chi connectivity index (χ0v) is 17.0. The molecule has 1 aliphatic carbocycles. The highest BCUT2D eigenvalue weighted by atomic mass is 32.2. The van der Waals surface area contributed by atoms with Gasteiger partial charge in [0.15, 0.2) is 9.84 Å². The van der Waals surface area contributed by atoms with Gasteiger partial charge in [-0.15, -0.1) is 22.7 Å². The van der Waals surface area contributed by atoms with Gasteiger partial charge in [0.05, 0.1) is 16.4 Å². The highest BCUT2D eigenvalue weighted by Crippen LogP contribution is 2.45. The number of sulfone groups is 1. The number of rotatable bonds is 3. The van der Waals surface area contributed by atoms with Gasteiger partial charge in [-0.3, -0.25) is 4.79 Å². The third kappa shape index (κ3) is 3.14. The Bertz CT molecular complexity index is 850. The van der Waals surface area contributed by atoms with E-state index in [0.717, 1.165) is 35.4 Å². The Kier molecular flexibility index (Phi) is 4.96. The van der Waals surface area contributed by atoms with E-state index >= 15 is 0 Å². The molecule has 1 aliphatic heterocycles. The minimum atomic E-state index is -3.23. The lowest BCUT2D eigenvalue weighted by Crippen LogP contribution is -2.46. The van der Waals surface area contributed by atoms with Crippen LogP contribution in [0.25, 0.3) is 0 Å². The maximum Gasteiger partial charge on any atom is 0.234 e. The zero-order chi connectivity index (χ0) is 18.2. The average molecular weight is 410 g/mol. The number of hydrogen-bond acceptors (Lipinski definition) is 5. The van der Waals surface area contributed by atoms with Crippen LogP contribution in [0.2, 0.25) is 0 Å². The molecule has 0 radical (unpaired) electrons. The molecule has 0 bridgehead atoms. The van der Waals surface area contributed by atoms with Crippen LogP contribution in [-0.2, 0) is 20.0 Å². The summed E-state index contributed by atoms with van der Waals surface area (Å²) < 4.78 is 25.5. The quantitative estimate of drug-likeness (QED) is 0.770. The van der Waals surface area contributed by atoms with Crippen LogP contribution in [0.1, 0.15) is 47.1 Å². The molecular formula is C19H23NO3S3. The molecule has 140 valence electrons. The topological polar surface area (TPSA) is 54.5 Å². The first-order valence-electron chi connectivity index (χ1n) is 9.11. The fraction of sp³-hybridized carbons (Fsp3) is 0.526. The number of thiophene rings is 2. The molecule has 2 aromatic heterocycles. The van der Waals surface area contributed by atoms with E-state index in [4.69, 9.17) is 0 Å². The first-order chi connectivity index (χ1) is 12.5. The molecule has 0 spiro atoms. The van der Waals surface area contributed by atoms with Crippen molar-refractivity contribution in [1.29, 1.82) is 0 Å². The Morgan fingerprint density at radius 2 is 1.81 bits per heavy atom. The highest BCUT2D eigenvalue weighted by Gasteiger charge is 2.46. The second-order valence-corrected chi connectivity index (χ2v) is 11.4. The van der Waals surface area contributed by atoms with Crippen molar-refractivity contribution in [2.45, 2.75) is 42.8 Å². The Morgan fingerprint density at radius 3 is 2.46 bits per heavy atom. The lowest BCUT2D eigenvalue weighted by Gasteiger charge is -2.33. The van der Waals surface area contributed by atoms with E-state index in [2.05, 4.69) is 6.07 Å². The Morgan fingerprint density at radius 1 is 1.08 bits per heavy atom. The molecule has 4 nitrogen and oxygen atoms in total. The van der Waals surface area contributed by atoms with Crippen LogP contribution in [-0.4, -0.2) is 38.1 Å². The van der Waals surface area contributed by atoms with Crippen molar-refractivity contribution in [2.75, 3.05) is 18.8 Å². The maximum atomic E-state index is 13.5. The van der Waals surface area contributed by atoms with Gasteiger partial charge in [0.2, 0.25) is 5.91 Å². The van der Waals surface area contributed by atoms with Crippen LogP contribution in [0.15, 0.2) is 35.0 Å². The van der Waals surface area contributed by atoms with Gasteiger partial charge in [0, 0.05) is 22.8 Å². The normalized spacial score (nSPS) is 25.1. The number of hydrogen-bond donors (Lipinski definition) is 0. The highest BCUT2D eigenvalue weighted by molar-refractivity contribution is 7.91. The molecule has 1 saturated carbocycles. The zero-order valence-electron chi connectivity index (χ0n) is 14.6. The van der Waals surface area contributed by atoms with Crippen LogP contribution in [0, 0.1) is 0 Å². The second kappa shape index (κ2) is 7.09. The van der Waals surface area contributed by atoms with Crippen molar-refractivity contribution in [3.8, 4) is 0 Å². The predicted octanol–water partition coefficient (Wildman–Crippen LogP) is 4.01. The van der Waals surface area contributed by atoms with Gasteiger partial charge in [0.25, 0.3) is 0 Å². The molecule has 26 heavy (non-hydrogen) atoms. The molecule has 2 aliphatic rings. The molecule has 1 unspecified atom stereocenters. The lowest BCUT2D eigenvalue weighted by molar-refractivity contribution is -0.137. The van der Waals surface area contributed by atoms with Gasteiger partial charge in [-0.1, -0.05) is 25.0 Å².